The molecular weight excluding hydrogens is 323 g/mol. The predicted molar refractivity (Wildman–Crippen MR) is 80.9 cm³/mol. The van der Waals surface area contributed by atoms with Gasteiger partial charge in [0.2, 0.25) is 0 Å². The molecule has 0 bridgehead atoms. The van der Waals surface area contributed by atoms with Gasteiger partial charge in [-0.3, -0.25) is 9.59 Å². The molecule has 0 spiro atoms. The van der Waals surface area contributed by atoms with Crippen molar-refractivity contribution in [2.45, 2.75) is 32.6 Å². The lowest BCUT2D eigenvalue weighted by molar-refractivity contribution is -0.143. The Balaban J connectivity index is 2.46. The number of hydrogen-bond donors (Lipinski definition) is 0. The number of carbonyl (C=O) groups excluding carboxylic acids is 2. The second-order valence-corrected chi connectivity index (χ2v) is 5.38. The van der Waals surface area contributed by atoms with Crippen molar-refractivity contribution in [3.8, 4) is 0 Å². The Hall–Kier alpha value is -0.770. The average Bonchev–Trinajstić information content (AvgIpc) is 2.40. The van der Waals surface area contributed by atoms with Gasteiger partial charge in [-0.15, -0.1) is 0 Å². The lowest BCUT2D eigenvalue weighted by Gasteiger charge is -2.05. The summed E-state index contributed by atoms with van der Waals surface area (Å²) in [6, 6.07) is 3.01. The molecule has 0 unspecified atom stereocenters. The van der Waals surface area contributed by atoms with Crippen molar-refractivity contribution in [1.29, 1.82) is 0 Å². The van der Waals surface area contributed by atoms with Crippen molar-refractivity contribution < 1.29 is 14.3 Å². The van der Waals surface area contributed by atoms with Crippen LogP contribution in [0.4, 0.5) is 0 Å². The number of rotatable bonds is 7. The summed E-state index contributed by atoms with van der Waals surface area (Å²) < 4.78 is 4.80. The van der Waals surface area contributed by atoms with E-state index in [-0.39, 0.29) is 26.8 Å². The largest absolute Gasteiger partial charge is 0.466 e. The summed E-state index contributed by atoms with van der Waals surface area (Å²) in [7, 11) is 0. The summed E-state index contributed by atoms with van der Waals surface area (Å²) >= 11 is 17.6. The highest BCUT2D eigenvalue weighted by Gasteiger charge is 2.12. The van der Waals surface area contributed by atoms with E-state index >= 15 is 0 Å². The molecule has 0 radical (unpaired) electrons. The van der Waals surface area contributed by atoms with Gasteiger partial charge in [-0.2, -0.15) is 0 Å². The van der Waals surface area contributed by atoms with Crippen LogP contribution >= 0.6 is 34.8 Å². The molecule has 0 aromatic heterocycles. The first-order valence-corrected chi connectivity index (χ1v) is 7.42. The molecule has 0 N–H and O–H groups in total. The smallest absolute Gasteiger partial charge is 0.305 e. The molecule has 1 aromatic carbocycles. The number of esters is 1. The molecule has 110 valence electrons. The van der Waals surface area contributed by atoms with Gasteiger partial charge in [-0.25, -0.2) is 0 Å². The van der Waals surface area contributed by atoms with Gasteiger partial charge in [0, 0.05) is 18.4 Å². The molecule has 0 atom stereocenters. The standard InChI is InChI=1S/C14H15Cl3O3/c1-2-20-13(19)6-4-3-5-12(18)9-7-10(15)14(17)11(16)8-9/h7-8H,2-6H2,1H3. The van der Waals surface area contributed by atoms with Gasteiger partial charge in [-0.1, -0.05) is 34.8 Å². The summed E-state index contributed by atoms with van der Waals surface area (Å²) in [5.41, 5.74) is 0.431. The van der Waals surface area contributed by atoms with E-state index in [2.05, 4.69) is 0 Å². The molecule has 1 rings (SSSR count). The Labute approximate surface area is 133 Å². The van der Waals surface area contributed by atoms with Crippen LogP contribution in [0.25, 0.3) is 0 Å². The van der Waals surface area contributed by atoms with Gasteiger partial charge in [0.15, 0.2) is 5.78 Å². The van der Waals surface area contributed by atoms with E-state index in [1.807, 2.05) is 0 Å². The Morgan fingerprint density at radius 1 is 1.05 bits per heavy atom. The van der Waals surface area contributed by atoms with Crippen molar-refractivity contribution in [3.05, 3.63) is 32.8 Å². The van der Waals surface area contributed by atoms with E-state index in [1.165, 1.54) is 12.1 Å². The van der Waals surface area contributed by atoms with Crippen molar-refractivity contribution in [3.63, 3.8) is 0 Å². The number of hydrogen-bond acceptors (Lipinski definition) is 3. The number of unbranched alkanes of at least 4 members (excludes halogenated alkanes) is 1. The van der Waals surface area contributed by atoms with Gasteiger partial charge in [-0.05, 0) is 31.9 Å². The normalized spacial score (nSPS) is 10.4. The molecule has 0 aliphatic rings. The van der Waals surface area contributed by atoms with Gasteiger partial charge >= 0.3 is 5.97 Å². The summed E-state index contributed by atoms with van der Waals surface area (Å²) in [5, 5.41) is 0.760. The quantitative estimate of drug-likeness (QED) is 0.306. The molecule has 0 amide bonds. The van der Waals surface area contributed by atoms with Crippen molar-refractivity contribution in [2.75, 3.05) is 6.61 Å². The Kier molecular flexibility index (Phi) is 7.35. The van der Waals surface area contributed by atoms with E-state index in [0.29, 0.717) is 37.9 Å². The second kappa shape index (κ2) is 8.50. The fourth-order valence-corrected chi connectivity index (χ4v) is 2.25. The zero-order valence-electron chi connectivity index (χ0n) is 11.0. The molecule has 0 aliphatic carbocycles. The van der Waals surface area contributed by atoms with E-state index in [9.17, 15) is 9.59 Å². The average molecular weight is 338 g/mol. The van der Waals surface area contributed by atoms with Gasteiger partial charge in [0.25, 0.3) is 0 Å². The molecule has 0 fully saturated rings. The van der Waals surface area contributed by atoms with Crippen LogP contribution in [0.2, 0.25) is 15.1 Å². The number of ketones is 1. The zero-order chi connectivity index (χ0) is 15.1. The van der Waals surface area contributed by atoms with Crippen LogP contribution in [0.15, 0.2) is 12.1 Å². The monoisotopic (exact) mass is 336 g/mol. The second-order valence-electron chi connectivity index (χ2n) is 4.19. The summed E-state index contributed by atoms with van der Waals surface area (Å²) in [6.45, 7) is 2.13. The lowest BCUT2D eigenvalue weighted by Crippen LogP contribution is -2.04. The number of Topliss-reactive ketones (excluding diaryl/α,β-unsaturated/α-hetero) is 1. The number of halogens is 3. The summed E-state index contributed by atoms with van der Waals surface area (Å²) in [5.74, 6) is -0.313. The van der Waals surface area contributed by atoms with Crippen LogP contribution in [0.5, 0.6) is 0 Å². The third-order valence-electron chi connectivity index (χ3n) is 2.65. The maximum atomic E-state index is 12.0. The first-order chi connectivity index (χ1) is 9.45. The van der Waals surface area contributed by atoms with Crippen LogP contribution in [-0.2, 0) is 9.53 Å². The highest BCUT2D eigenvalue weighted by atomic mass is 35.5. The zero-order valence-corrected chi connectivity index (χ0v) is 13.3. The highest BCUT2D eigenvalue weighted by molar-refractivity contribution is 6.48. The van der Waals surface area contributed by atoms with Crippen molar-refractivity contribution >= 4 is 46.6 Å². The van der Waals surface area contributed by atoms with Gasteiger partial charge in [0.05, 0.1) is 21.7 Å². The molecule has 0 saturated carbocycles. The van der Waals surface area contributed by atoms with Crippen LogP contribution in [-0.4, -0.2) is 18.4 Å². The molecule has 0 aliphatic heterocycles. The predicted octanol–water partition coefficient (Wildman–Crippen LogP) is 4.95. The van der Waals surface area contributed by atoms with Crippen LogP contribution < -0.4 is 0 Å². The first-order valence-electron chi connectivity index (χ1n) is 6.29. The molecule has 1 aromatic rings. The fourth-order valence-electron chi connectivity index (χ4n) is 1.65. The highest BCUT2D eigenvalue weighted by Crippen LogP contribution is 2.31. The molecule has 0 heterocycles. The Morgan fingerprint density at radius 2 is 1.60 bits per heavy atom. The first kappa shape index (κ1) is 17.3. The molecular formula is C14H15Cl3O3. The summed E-state index contributed by atoms with van der Waals surface area (Å²) in [4.78, 5) is 23.1. The molecule has 3 nitrogen and oxygen atoms in total. The minimum Gasteiger partial charge on any atom is -0.466 e. The summed E-state index contributed by atoms with van der Waals surface area (Å²) in [6.07, 6.45) is 1.87. The van der Waals surface area contributed by atoms with Gasteiger partial charge in [0.1, 0.15) is 0 Å². The molecule has 20 heavy (non-hydrogen) atoms. The lowest BCUT2D eigenvalue weighted by atomic mass is 10.0. The van der Waals surface area contributed by atoms with Crippen LogP contribution in [0.3, 0.4) is 0 Å². The van der Waals surface area contributed by atoms with E-state index in [0.717, 1.165) is 0 Å². The molecule has 0 saturated heterocycles. The van der Waals surface area contributed by atoms with Crippen molar-refractivity contribution in [1.82, 2.24) is 0 Å². The number of carbonyl (C=O) groups is 2. The van der Waals surface area contributed by atoms with Gasteiger partial charge < -0.3 is 4.74 Å². The van der Waals surface area contributed by atoms with Crippen molar-refractivity contribution in [2.24, 2.45) is 0 Å². The van der Waals surface area contributed by atoms with Crippen LogP contribution in [0.1, 0.15) is 43.0 Å². The van der Waals surface area contributed by atoms with Crippen LogP contribution in [0, 0.1) is 0 Å². The Bertz CT molecular complexity index is 477. The minimum atomic E-state index is -0.238. The maximum absolute atomic E-state index is 12.0. The third kappa shape index (κ3) is 5.31. The maximum Gasteiger partial charge on any atom is 0.305 e. The third-order valence-corrected chi connectivity index (χ3v) is 3.84. The fraction of sp³-hybridized carbons (Fsp3) is 0.429. The topological polar surface area (TPSA) is 43.4 Å². The van der Waals surface area contributed by atoms with E-state index < -0.39 is 0 Å². The minimum absolute atomic E-state index is 0.0747. The van der Waals surface area contributed by atoms with E-state index in [1.54, 1.807) is 6.92 Å². The number of benzene rings is 1. The SMILES string of the molecule is CCOC(=O)CCCCC(=O)c1cc(Cl)c(Cl)c(Cl)c1. The van der Waals surface area contributed by atoms with E-state index in [4.69, 9.17) is 39.5 Å². The Morgan fingerprint density at radius 3 is 2.15 bits per heavy atom. The molecule has 6 heteroatoms. The number of ether oxygens (including phenoxy) is 1.